The van der Waals surface area contributed by atoms with Crippen LogP contribution in [-0.2, 0) is 18.4 Å². The van der Waals surface area contributed by atoms with Gasteiger partial charge in [-0.2, -0.15) is 10.1 Å². The molecule has 1 fully saturated rings. The van der Waals surface area contributed by atoms with E-state index in [2.05, 4.69) is 30.6 Å². The van der Waals surface area contributed by atoms with Crippen LogP contribution in [0.4, 0.5) is 11.8 Å². The molecule has 8 heteroatoms. The average Bonchev–Trinajstić information content (AvgIpc) is 2.92. The molecular formula is C19H29N7O. The van der Waals surface area contributed by atoms with Crippen molar-refractivity contribution >= 4 is 17.7 Å². The Hall–Kier alpha value is -2.64. The summed E-state index contributed by atoms with van der Waals surface area (Å²) in [6.45, 7) is 6.40. The highest BCUT2D eigenvalue weighted by Crippen LogP contribution is 2.24. The van der Waals surface area contributed by atoms with Gasteiger partial charge in [-0.25, -0.2) is 4.98 Å². The maximum atomic E-state index is 12.4. The zero-order valence-corrected chi connectivity index (χ0v) is 16.6. The molecule has 0 unspecified atom stereocenters. The minimum Gasteiger partial charge on any atom is -0.357 e. The van der Waals surface area contributed by atoms with Crippen LogP contribution in [0.25, 0.3) is 0 Å². The number of amides is 1. The van der Waals surface area contributed by atoms with Crippen LogP contribution >= 0.6 is 0 Å². The van der Waals surface area contributed by atoms with E-state index in [1.54, 1.807) is 6.20 Å². The van der Waals surface area contributed by atoms with Crippen LogP contribution in [-0.4, -0.2) is 45.8 Å². The van der Waals surface area contributed by atoms with Crippen LogP contribution in [0.2, 0.25) is 0 Å². The van der Waals surface area contributed by atoms with Gasteiger partial charge in [0, 0.05) is 57.6 Å². The molecule has 27 heavy (non-hydrogen) atoms. The first-order valence-electron chi connectivity index (χ1n) is 9.49. The number of nitrogens with zero attached hydrogens (tertiary/aromatic N) is 5. The first-order valence-corrected chi connectivity index (χ1v) is 9.49. The number of anilines is 2. The number of carbonyl (C=O) groups excluding carboxylic acids is 1. The number of hydrogen-bond donors (Lipinski definition) is 2. The molecule has 146 valence electrons. The van der Waals surface area contributed by atoms with Gasteiger partial charge in [0.25, 0.3) is 0 Å². The Morgan fingerprint density at radius 2 is 2.04 bits per heavy atom. The third-order valence-corrected chi connectivity index (χ3v) is 5.40. The number of rotatable bonds is 6. The molecule has 2 aromatic heterocycles. The summed E-state index contributed by atoms with van der Waals surface area (Å²) in [4.78, 5) is 23.3. The van der Waals surface area contributed by atoms with Crippen molar-refractivity contribution in [3.8, 4) is 0 Å². The molecule has 0 aliphatic carbocycles. The Labute approximate surface area is 160 Å². The Morgan fingerprint density at radius 1 is 1.30 bits per heavy atom. The van der Waals surface area contributed by atoms with E-state index in [-0.39, 0.29) is 5.91 Å². The minimum absolute atomic E-state index is 0.121. The van der Waals surface area contributed by atoms with E-state index >= 15 is 0 Å². The summed E-state index contributed by atoms with van der Waals surface area (Å²) in [5.74, 6) is 2.12. The van der Waals surface area contributed by atoms with E-state index in [0.29, 0.717) is 24.8 Å². The first kappa shape index (κ1) is 19.1. The number of carbonyl (C=O) groups is 1. The molecule has 0 spiro atoms. The van der Waals surface area contributed by atoms with Gasteiger partial charge in [-0.1, -0.05) is 0 Å². The van der Waals surface area contributed by atoms with Crippen molar-refractivity contribution in [2.75, 3.05) is 30.4 Å². The number of aryl methyl sites for hydroxylation is 2. The van der Waals surface area contributed by atoms with Crippen LogP contribution in [0.1, 0.15) is 36.2 Å². The van der Waals surface area contributed by atoms with Crippen LogP contribution in [0.3, 0.4) is 0 Å². The second-order valence-corrected chi connectivity index (χ2v) is 7.17. The van der Waals surface area contributed by atoms with Gasteiger partial charge < -0.3 is 15.5 Å². The fraction of sp³-hybridized carbons (Fsp3) is 0.579. The van der Waals surface area contributed by atoms with Crippen molar-refractivity contribution in [3.63, 3.8) is 0 Å². The lowest BCUT2D eigenvalue weighted by molar-refractivity contribution is -0.122. The minimum atomic E-state index is 0.121. The Balaban J connectivity index is 1.46. The highest BCUT2D eigenvalue weighted by atomic mass is 16.1. The lowest BCUT2D eigenvalue weighted by Crippen LogP contribution is -2.36. The normalized spacial score (nSPS) is 15.0. The Kier molecular flexibility index (Phi) is 5.93. The van der Waals surface area contributed by atoms with E-state index in [4.69, 9.17) is 0 Å². The van der Waals surface area contributed by atoms with Crippen LogP contribution in [0.5, 0.6) is 0 Å². The average molecular weight is 371 g/mol. The fourth-order valence-electron chi connectivity index (χ4n) is 3.61. The van der Waals surface area contributed by atoms with E-state index < -0.39 is 0 Å². The SMILES string of the molecule is CNc1nccc(N2CCC(CC(=O)NCc3c(C)nn(C)c3C)CC2)n1. The third-order valence-electron chi connectivity index (χ3n) is 5.40. The molecule has 1 aliphatic rings. The van der Waals surface area contributed by atoms with Gasteiger partial charge in [0.2, 0.25) is 11.9 Å². The summed E-state index contributed by atoms with van der Waals surface area (Å²) in [6.07, 6.45) is 4.35. The number of aromatic nitrogens is 4. The molecule has 1 aliphatic heterocycles. The molecule has 0 bridgehead atoms. The van der Waals surface area contributed by atoms with Gasteiger partial charge in [0.15, 0.2) is 0 Å². The second kappa shape index (κ2) is 8.37. The van der Waals surface area contributed by atoms with Crippen LogP contribution in [0, 0.1) is 19.8 Å². The first-order chi connectivity index (χ1) is 13.0. The summed E-state index contributed by atoms with van der Waals surface area (Å²) in [5, 5.41) is 10.4. The van der Waals surface area contributed by atoms with Crippen molar-refractivity contribution in [2.24, 2.45) is 13.0 Å². The molecule has 3 rings (SSSR count). The molecule has 3 heterocycles. The highest BCUT2D eigenvalue weighted by Gasteiger charge is 2.22. The van der Waals surface area contributed by atoms with E-state index in [1.807, 2.05) is 38.7 Å². The molecule has 0 saturated carbocycles. The van der Waals surface area contributed by atoms with E-state index in [0.717, 1.165) is 48.7 Å². The highest BCUT2D eigenvalue weighted by molar-refractivity contribution is 5.76. The van der Waals surface area contributed by atoms with Crippen molar-refractivity contribution in [3.05, 3.63) is 29.2 Å². The molecule has 8 nitrogen and oxygen atoms in total. The smallest absolute Gasteiger partial charge is 0.224 e. The van der Waals surface area contributed by atoms with Gasteiger partial charge in [-0.3, -0.25) is 9.48 Å². The van der Waals surface area contributed by atoms with Gasteiger partial charge in [0.05, 0.1) is 5.69 Å². The van der Waals surface area contributed by atoms with E-state index in [1.165, 1.54) is 0 Å². The zero-order valence-electron chi connectivity index (χ0n) is 16.6. The summed E-state index contributed by atoms with van der Waals surface area (Å²) < 4.78 is 1.86. The predicted octanol–water partition coefficient (Wildman–Crippen LogP) is 1.79. The number of hydrogen-bond acceptors (Lipinski definition) is 6. The summed E-state index contributed by atoms with van der Waals surface area (Å²) in [7, 11) is 3.75. The van der Waals surface area contributed by atoms with Crippen molar-refractivity contribution in [1.29, 1.82) is 0 Å². The number of piperidine rings is 1. The molecular weight excluding hydrogens is 342 g/mol. The van der Waals surface area contributed by atoms with E-state index in [9.17, 15) is 4.79 Å². The predicted molar refractivity (Wildman–Crippen MR) is 106 cm³/mol. The van der Waals surface area contributed by atoms with Crippen LogP contribution in [0.15, 0.2) is 12.3 Å². The van der Waals surface area contributed by atoms with Crippen molar-refractivity contribution in [1.82, 2.24) is 25.1 Å². The standard InChI is InChI=1S/C19H29N7O/c1-13-16(14(2)25(4)24-13)12-22-18(27)11-15-6-9-26(10-7-15)17-5-8-21-19(20-3)23-17/h5,8,15H,6-7,9-12H2,1-4H3,(H,22,27)(H,20,21,23). The van der Waals surface area contributed by atoms with Crippen LogP contribution < -0.4 is 15.5 Å². The Bertz CT molecular complexity index is 793. The third kappa shape index (κ3) is 4.56. The second-order valence-electron chi connectivity index (χ2n) is 7.17. The summed E-state index contributed by atoms with van der Waals surface area (Å²) >= 11 is 0. The largest absolute Gasteiger partial charge is 0.357 e. The molecule has 2 N–H and O–H groups in total. The maximum absolute atomic E-state index is 12.4. The molecule has 1 amide bonds. The monoisotopic (exact) mass is 371 g/mol. The molecule has 1 saturated heterocycles. The lowest BCUT2D eigenvalue weighted by atomic mass is 9.93. The van der Waals surface area contributed by atoms with Gasteiger partial charge >= 0.3 is 0 Å². The van der Waals surface area contributed by atoms with Gasteiger partial charge in [-0.05, 0) is 38.7 Å². The summed E-state index contributed by atoms with van der Waals surface area (Å²) in [5.41, 5.74) is 3.20. The summed E-state index contributed by atoms with van der Waals surface area (Å²) in [6, 6.07) is 1.94. The number of nitrogens with one attached hydrogen (secondary N) is 2. The maximum Gasteiger partial charge on any atom is 0.224 e. The van der Waals surface area contributed by atoms with Gasteiger partial charge in [-0.15, -0.1) is 0 Å². The zero-order chi connectivity index (χ0) is 19.4. The molecule has 0 atom stereocenters. The Morgan fingerprint density at radius 3 is 2.67 bits per heavy atom. The molecule has 2 aromatic rings. The quantitative estimate of drug-likeness (QED) is 0.805. The molecule has 0 radical (unpaired) electrons. The lowest BCUT2D eigenvalue weighted by Gasteiger charge is -2.32. The van der Waals surface area contributed by atoms with Crippen molar-refractivity contribution in [2.45, 2.75) is 39.7 Å². The topological polar surface area (TPSA) is 88.0 Å². The van der Waals surface area contributed by atoms with Gasteiger partial charge in [0.1, 0.15) is 5.82 Å². The molecule has 0 aromatic carbocycles. The van der Waals surface area contributed by atoms with Crippen molar-refractivity contribution < 1.29 is 4.79 Å². The fourth-order valence-corrected chi connectivity index (χ4v) is 3.61.